The Labute approximate surface area is 124 Å². The van der Waals surface area contributed by atoms with Crippen molar-refractivity contribution >= 4 is 0 Å². The van der Waals surface area contributed by atoms with Crippen molar-refractivity contribution in [1.29, 1.82) is 0 Å². The lowest BCUT2D eigenvalue weighted by Gasteiger charge is -2.22. The van der Waals surface area contributed by atoms with E-state index in [0.29, 0.717) is 0 Å². The molecule has 0 saturated carbocycles. The Bertz CT molecular complexity index is 292. The molecular formula is C18H30O2. The molecule has 0 aromatic carbocycles. The van der Waals surface area contributed by atoms with Gasteiger partial charge in [0.2, 0.25) is 0 Å². The lowest BCUT2D eigenvalue weighted by atomic mass is 10.1. The summed E-state index contributed by atoms with van der Waals surface area (Å²) in [5.41, 5.74) is 0. The van der Waals surface area contributed by atoms with E-state index in [1.54, 1.807) is 0 Å². The monoisotopic (exact) mass is 278 g/mol. The molecule has 1 saturated heterocycles. The molecule has 114 valence electrons. The van der Waals surface area contributed by atoms with Gasteiger partial charge >= 0.3 is 0 Å². The Hall–Kier alpha value is -0.780. The molecule has 1 atom stereocenters. The summed E-state index contributed by atoms with van der Waals surface area (Å²) in [6.45, 7) is 3.89. The number of unbranched alkanes of at least 4 members (excludes halogenated alkanes) is 5. The van der Waals surface area contributed by atoms with Gasteiger partial charge in [0.25, 0.3) is 0 Å². The van der Waals surface area contributed by atoms with E-state index in [1.165, 1.54) is 38.5 Å². The van der Waals surface area contributed by atoms with Crippen LogP contribution in [0.1, 0.15) is 71.1 Å². The van der Waals surface area contributed by atoms with Gasteiger partial charge in [-0.2, -0.15) is 0 Å². The second kappa shape index (κ2) is 13.2. The summed E-state index contributed by atoms with van der Waals surface area (Å²) in [6.07, 6.45) is 16.0. The van der Waals surface area contributed by atoms with Gasteiger partial charge in [0, 0.05) is 13.0 Å². The molecule has 0 aromatic rings. The van der Waals surface area contributed by atoms with E-state index in [9.17, 15) is 0 Å². The number of hydrogen-bond acceptors (Lipinski definition) is 2. The predicted octanol–water partition coefficient (Wildman–Crippen LogP) is 4.84. The van der Waals surface area contributed by atoms with Crippen LogP contribution in [0.3, 0.4) is 0 Å². The van der Waals surface area contributed by atoms with Crippen molar-refractivity contribution in [2.75, 3.05) is 13.2 Å². The first-order valence-corrected chi connectivity index (χ1v) is 8.30. The summed E-state index contributed by atoms with van der Waals surface area (Å²) < 4.78 is 11.2. The molecule has 20 heavy (non-hydrogen) atoms. The highest BCUT2D eigenvalue weighted by Gasteiger charge is 2.12. The third-order valence-electron chi connectivity index (χ3n) is 3.42. The molecule has 0 bridgehead atoms. The molecule has 0 aromatic heterocycles. The largest absolute Gasteiger partial charge is 0.353 e. The van der Waals surface area contributed by atoms with E-state index in [2.05, 4.69) is 24.8 Å². The quantitative estimate of drug-likeness (QED) is 0.444. The first-order valence-electron chi connectivity index (χ1n) is 8.30. The van der Waals surface area contributed by atoms with Crippen LogP contribution in [0.2, 0.25) is 0 Å². The number of ether oxygens (including phenoxy) is 2. The van der Waals surface area contributed by atoms with Crippen molar-refractivity contribution in [3.63, 3.8) is 0 Å². The van der Waals surface area contributed by atoms with Gasteiger partial charge in [-0.25, -0.2) is 0 Å². The summed E-state index contributed by atoms with van der Waals surface area (Å²) in [5.74, 6) is 6.31. The minimum atomic E-state index is 0.0515. The second-order valence-corrected chi connectivity index (χ2v) is 5.34. The molecule has 2 nitrogen and oxygen atoms in total. The zero-order chi connectivity index (χ0) is 14.3. The smallest absolute Gasteiger partial charge is 0.157 e. The summed E-state index contributed by atoms with van der Waals surface area (Å²) >= 11 is 0. The highest BCUT2D eigenvalue weighted by atomic mass is 16.7. The maximum Gasteiger partial charge on any atom is 0.157 e. The fourth-order valence-corrected chi connectivity index (χ4v) is 2.17. The van der Waals surface area contributed by atoms with E-state index >= 15 is 0 Å². The van der Waals surface area contributed by atoms with E-state index in [4.69, 9.17) is 9.47 Å². The summed E-state index contributed by atoms with van der Waals surface area (Å²) in [6, 6.07) is 0. The van der Waals surface area contributed by atoms with Crippen molar-refractivity contribution in [1.82, 2.24) is 0 Å². The van der Waals surface area contributed by atoms with E-state index in [1.807, 2.05) is 6.08 Å². The van der Waals surface area contributed by atoms with Crippen LogP contribution in [0.25, 0.3) is 0 Å². The Morgan fingerprint density at radius 2 is 2.15 bits per heavy atom. The van der Waals surface area contributed by atoms with Crippen LogP contribution < -0.4 is 0 Å². The van der Waals surface area contributed by atoms with Crippen LogP contribution in [0.15, 0.2) is 12.2 Å². The number of rotatable bonds is 9. The van der Waals surface area contributed by atoms with Gasteiger partial charge in [-0.05, 0) is 44.6 Å². The third-order valence-corrected chi connectivity index (χ3v) is 3.42. The minimum absolute atomic E-state index is 0.0515. The van der Waals surface area contributed by atoms with E-state index < -0.39 is 0 Å². The van der Waals surface area contributed by atoms with E-state index in [-0.39, 0.29) is 6.29 Å². The van der Waals surface area contributed by atoms with Gasteiger partial charge in [-0.15, -0.1) is 0 Å². The molecule has 1 heterocycles. The van der Waals surface area contributed by atoms with Crippen molar-refractivity contribution in [2.24, 2.45) is 0 Å². The van der Waals surface area contributed by atoms with Gasteiger partial charge in [-0.1, -0.05) is 44.1 Å². The Balaban J connectivity index is 1.87. The van der Waals surface area contributed by atoms with Crippen molar-refractivity contribution in [3.8, 4) is 11.8 Å². The normalized spacial score (nSPS) is 18.9. The van der Waals surface area contributed by atoms with Crippen LogP contribution in [0.5, 0.6) is 0 Å². The molecule has 1 rings (SSSR count). The number of allylic oxidation sites excluding steroid dienone is 2. The SMILES string of the molecule is CCCCCCC#C/C=C\CCCOC1CCCCO1. The van der Waals surface area contributed by atoms with Gasteiger partial charge < -0.3 is 9.47 Å². The molecule has 0 N–H and O–H groups in total. The molecule has 0 aliphatic carbocycles. The Kier molecular flexibility index (Phi) is 11.4. The molecule has 1 fully saturated rings. The van der Waals surface area contributed by atoms with Gasteiger partial charge in [-0.3, -0.25) is 0 Å². The highest BCUT2D eigenvalue weighted by molar-refractivity contribution is 5.14. The fraction of sp³-hybridized carbons (Fsp3) is 0.778. The third kappa shape index (κ3) is 10.1. The lowest BCUT2D eigenvalue weighted by molar-refractivity contribution is -0.162. The minimum Gasteiger partial charge on any atom is -0.353 e. The summed E-state index contributed by atoms with van der Waals surface area (Å²) in [5, 5.41) is 0. The zero-order valence-electron chi connectivity index (χ0n) is 13.0. The molecule has 0 radical (unpaired) electrons. The maximum atomic E-state index is 5.67. The van der Waals surface area contributed by atoms with Crippen molar-refractivity contribution < 1.29 is 9.47 Å². The van der Waals surface area contributed by atoms with Crippen LogP contribution in [0.4, 0.5) is 0 Å². The van der Waals surface area contributed by atoms with Crippen molar-refractivity contribution in [2.45, 2.75) is 77.4 Å². The molecule has 1 aliphatic heterocycles. The standard InChI is InChI=1S/C18H30O2/c1-2-3-4-5-6-7-8-9-10-11-13-16-19-18-15-12-14-17-20-18/h9-10,18H,2-6,11-17H2,1H3/b10-9-. The van der Waals surface area contributed by atoms with Crippen LogP contribution in [0, 0.1) is 11.8 Å². The topological polar surface area (TPSA) is 18.5 Å². The summed E-state index contributed by atoms with van der Waals surface area (Å²) in [7, 11) is 0. The van der Waals surface area contributed by atoms with Crippen molar-refractivity contribution in [3.05, 3.63) is 12.2 Å². The highest BCUT2D eigenvalue weighted by Crippen LogP contribution is 2.13. The average Bonchev–Trinajstić information content (AvgIpc) is 2.49. The van der Waals surface area contributed by atoms with Gasteiger partial charge in [0.1, 0.15) is 0 Å². The second-order valence-electron chi connectivity index (χ2n) is 5.34. The molecule has 1 aliphatic rings. The molecule has 0 amide bonds. The fourth-order valence-electron chi connectivity index (χ4n) is 2.17. The maximum absolute atomic E-state index is 5.67. The first kappa shape index (κ1) is 17.3. The Morgan fingerprint density at radius 3 is 2.95 bits per heavy atom. The molecule has 2 heteroatoms. The zero-order valence-corrected chi connectivity index (χ0v) is 13.0. The predicted molar refractivity (Wildman–Crippen MR) is 84.5 cm³/mol. The Morgan fingerprint density at radius 1 is 1.20 bits per heavy atom. The average molecular weight is 278 g/mol. The number of hydrogen-bond donors (Lipinski definition) is 0. The van der Waals surface area contributed by atoms with Gasteiger partial charge in [0.15, 0.2) is 6.29 Å². The first-order chi connectivity index (χ1) is 9.93. The van der Waals surface area contributed by atoms with Gasteiger partial charge in [0.05, 0.1) is 6.61 Å². The molecule has 0 spiro atoms. The van der Waals surface area contributed by atoms with Crippen LogP contribution >= 0.6 is 0 Å². The van der Waals surface area contributed by atoms with Crippen LogP contribution in [-0.4, -0.2) is 19.5 Å². The lowest BCUT2D eigenvalue weighted by Crippen LogP contribution is -2.22. The molecular weight excluding hydrogens is 248 g/mol. The summed E-state index contributed by atoms with van der Waals surface area (Å²) in [4.78, 5) is 0. The van der Waals surface area contributed by atoms with E-state index in [0.717, 1.165) is 38.9 Å². The molecule has 1 unspecified atom stereocenters. The van der Waals surface area contributed by atoms with Crippen LogP contribution in [-0.2, 0) is 9.47 Å².